The highest BCUT2D eigenvalue weighted by Crippen LogP contribution is 2.33. The molecular weight excluding hydrogens is 428 g/mol. The largest absolute Gasteiger partial charge is 0.495 e. The first-order chi connectivity index (χ1) is 14.0. The average molecular weight is 451 g/mol. The van der Waals surface area contributed by atoms with E-state index < -0.39 is 0 Å². The Balaban J connectivity index is 1.74. The number of thioether (sulfide) groups is 1. The van der Waals surface area contributed by atoms with Gasteiger partial charge in [-0.15, -0.1) is 21.5 Å². The van der Waals surface area contributed by atoms with E-state index in [1.54, 1.807) is 36.6 Å². The summed E-state index contributed by atoms with van der Waals surface area (Å²) in [6.45, 7) is 7.06. The molecule has 0 aliphatic rings. The minimum atomic E-state index is -0.164. The molecule has 0 bridgehead atoms. The van der Waals surface area contributed by atoms with Crippen LogP contribution in [0.25, 0.3) is 11.4 Å². The van der Waals surface area contributed by atoms with Gasteiger partial charge in [0.15, 0.2) is 11.0 Å². The quantitative estimate of drug-likeness (QED) is 0.472. The Kier molecular flexibility index (Phi) is 7.21. The van der Waals surface area contributed by atoms with Crippen molar-refractivity contribution in [1.82, 2.24) is 14.8 Å². The first-order valence-corrected chi connectivity index (χ1v) is 11.5. The molecule has 29 heavy (non-hydrogen) atoms. The lowest BCUT2D eigenvalue weighted by Gasteiger charge is -2.11. The molecule has 0 aliphatic heterocycles. The third-order valence-electron chi connectivity index (χ3n) is 4.50. The van der Waals surface area contributed by atoms with E-state index in [1.807, 2.05) is 0 Å². The maximum atomic E-state index is 12.5. The smallest absolute Gasteiger partial charge is 0.234 e. The van der Waals surface area contributed by atoms with E-state index in [1.165, 1.54) is 22.2 Å². The van der Waals surface area contributed by atoms with Crippen LogP contribution in [0.4, 0.5) is 5.69 Å². The highest BCUT2D eigenvalue weighted by molar-refractivity contribution is 7.99. The number of halogens is 1. The Hall–Kier alpha value is -2.03. The Morgan fingerprint density at radius 3 is 2.83 bits per heavy atom. The van der Waals surface area contributed by atoms with Crippen LogP contribution in [0.2, 0.25) is 5.02 Å². The third-order valence-corrected chi connectivity index (χ3v) is 6.65. The van der Waals surface area contributed by atoms with Crippen molar-refractivity contribution >= 4 is 46.3 Å². The molecule has 0 fully saturated rings. The van der Waals surface area contributed by atoms with Gasteiger partial charge < -0.3 is 14.6 Å². The maximum Gasteiger partial charge on any atom is 0.234 e. The van der Waals surface area contributed by atoms with Crippen molar-refractivity contribution in [2.75, 3.05) is 18.2 Å². The fourth-order valence-electron chi connectivity index (χ4n) is 3.08. The number of hydrogen-bond donors (Lipinski definition) is 1. The van der Waals surface area contributed by atoms with Gasteiger partial charge in [0.2, 0.25) is 5.91 Å². The zero-order chi connectivity index (χ0) is 21.0. The molecule has 1 amide bonds. The van der Waals surface area contributed by atoms with Crippen LogP contribution in [0.3, 0.4) is 0 Å². The monoisotopic (exact) mass is 450 g/mol. The zero-order valence-corrected chi connectivity index (χ0v) is 19.2. The number of hydrogen-bond acceptors (Lipinski definition) is 6. The van der Waals surface area contributed by atoms with Gasteiger partial charge in [0.1, 0.15) is 5.75 Å². The standard InChI is InChI=1S/C20H23ClN4O2S2/c1-5-14-12(3)28-10-15(14)19-23-24-20(25(19)6-2)29-11-18(26)22-16-9-13(21)7-8-17(16)27-4/h7-10H,5-6,11H2,1-4H3,(H,22,26). The van der Waals surface area contributed by atoms with Crippen LogP contribution in [-0.4, -0.2) is 33.5 Å². The number of nitrogens with one attached hydrogen (secondary N) is 1. The molecule has 1 N–H and O–H groups in total. The number of carbonyl (C=O) groups excluding carboxylic acids is 1. The van der Waals surface area contributed by atoms with Gasteiger partial charge in [0.25, 0.3) is 0 Å². The summed E-state index contributed by atoms with van der Waals surface area (Å²) in [6, 6.07) is 5.10. The number of benzene rings is 1. The fourth-order valence-corrected chi connectivity index (χ4v) is 4.99. The molecule has 1 aromatic carbocycles. The topological polar surface area (TPSA) is 69.0 Å². The number of anilines is 1. The summed E-state index contributed by atoms with van der Waals surface area (Å²) in [4.78, 5) is 13.8. The number of methoxy groups -OCH3 is 1. The van der Waals surface area contributed by atoms with Gasteiger partial charge >= 0.3 is 0 Å². The van der Waals surface area contributed by atoms with E-state index in [0.29, 0.717) is 16.5 Å². The molecule has 0 atom stereocenters. The van der Waals surface area contributed by atoms with Crippen molar-refractivity contribution in [3.63, 3.8) is 0 Å². The number of ether oxygens (including phenoxy) is 1. The summed E-state index contributed by atoms with van der Waals surface area (Å²) < 4.78 is 7.33. The van der Waals surface area contributed by atoms with Gasteiger partial charge in [-0.25, -0.2) is 0 Å². The average Bonchev–Trinajstić information content (AvgIpc) is 3.28. The summed E-state index contributed by atoms with van der Waals surface area (Å²) >= 11 is 9.11. The minimum absolute atomic E-state index is 0.164. The van der Waals surface area contributed by atoms with Crippen molar-refractivity contribution in [2.24, 2.45) is 0 Å². The SMILES string of the molecule is CCc1c(-c2nnc(SCC(=O)Nc3cc(Cl)ccc3OC)n2CC)csc1C. The second-order valence-electron chi connectivity index (χ2n) is 6.27. The normalized spacial score (nSPS) is 10.9. The lowest BCUT2D eigenvalue weighted by atomic mass is 10.1. The van der Waals surface area contributed by atoms with Crippen LogP contribution in [-0.2, 0) is 17.8 Å². The molecule has 0 saturated carbocycles. The molecule has 154 valence electrons. The summed E-state index contributed by atoms with van der Waals surface area (Å²) in [7, 11) is 1.55. The molecule has 3 rings (SSSR count). The molecule has 2 aromatic heterocycles. The predicted octanol–water partition coefficient (Wildman–Crippen LogP) is 5.29. The molecule has 6 nitrogen and oxygen atoms in total. The van der Waals surface area contributed by atoms with Gasteiger partial charge in [-0.1, -0.05) is 30.3 Å². The molecule has 3 aromatic rings. The Labute approximate surface area is 183 Å². The number of thiophene rings is 1. The number of amides is 1. The van der Waals surface area contributed by atoms with Gasteiger partial charge in [0.05, 0.1) is 18.6 Å². The van der Waals surface area contributed by atoms with E-state index in [-0.39, 0.29) is 11.7 Å². The highest BCUT2D eigenvalue weighted by atomic mass is 35.5. The van der Waals surface area contributed by atoms with Crippen LogP contribution in [0.1, 0.15) is 24.3 Å². The van der Waals surface area contributed by atoms with Crippen molar-refractivity contribution in [3.05, 3.63) is 39.0 Å². The highest BCUT2D eigenvalue weighted by Gasteiger charge is 2.19. The zero-order valence-electron chi connectivity index (χ0n) is 16.8. The number of aromatic nitrogens is 3. The van der Waals surface area contributed by atoms with Crippen molar-refractivity contribution in [1.29, 1.82) is 0 Å². The number of rotatable bonds is 8. The fraction of sp³-hybridized carbons (Fsp3) is 0.350. The number of carbonyl (C=O) groups is 1. The van der Waals surface area contributed by atoms with E-state index >= 15 is 0 Å². The molecule has 0 radical (unpaired) electrons. The predicted molar refractivity (Wildman–Crippen MR) is 120 cm³/mol. The lowest BCUT2D eigenvalue weighted by Crippen LogP contribution is -2.15. The molecule has 0 spiro atoms. The second kappa shape index (κ2) is 9.65. The lowest BCUT2D eigenvalue weighted by molar-refractivity contribution is -0.113. The summed E-state index contributed by atoms with van der Waals surface area (Å²) in [5.41, 5.74) is 2.98. The van der Waals surface area contributed by atoms with Gasteiger partial charge in [-0.05, 0) is 44.0 Å². The summed E-state index contributed by atoms with van der Waals surface area (Å²) in [6.07, 6.45) is 0.952. The minimum Gasteiger partial charge on any atom is -0.495 e. The van der Waals surface area contributed by atoms with Crippen molar-refractivity contribution in [3.8, 4) is 17.1 Å². The first-order valence-electron chi connectivity index (χ1n) is 9.25. The molecule has 0 unspecified atom stereocenters. The van der Waals surface area contributed by atoms with E-state index in [2.05, 4.69) is 46.2 Å². The Morgan fingerprint density at radius 2 is 2.14 bits per heavy atom. The third kappa shape index (κ3) is 4.76. The van der Waals surface area contributed by atoms with E-state index in [4.69, 9.17) is 16.3 Å². The second-order valence-corrected chi connectivity index (χ2v) is 8.73. The first kappa shape index (κ1) is 21.7. The maximum absolute atomic E-state index is 12.5. The van der Waals surface area contributed by atoms with Gasteiger partial charge in [-0.3, -0.25) is 4.79 Å². The molecular formula is C20H23ClN4O2S2. The van der Waals surface area contributed by atoms with Crippen LogP contribution in [0.15, 0.2) is 28.7 Å². The molecule has 9 heteroatoms. The van der Waals surface area contributed by atoms with E-state index in [9.17, 15) is 4.79 Å². The van der Waals surface area contributed by atoms with E-state index in [0.717, 1.165) is 29.5 Å². The van der Waals surface area contributed by atoms with Crippen LogP contribution < -0.4 is 10.1 Å². The number of nitrogens with zero attached hydrogens (tertiary/aromatic N) is 3. The number of aryl methyl sites for hydroxylation is 1. The molecule has 2 heterocycles. The Morgan fingerprint density at radius 1 is 1.34 bits per heavy atom. The molecule has 0 saturated heterocycles. The van der Waals surface area contributed by atoms with Crippen molar-refractivity contribution in [2.45, 2.75) is 38.9 Å². The summed E-state index contributed by atoms with van der Waals surface area (Å²) in [5, 5.41) is 15.0. The summed E-state index contributed by atoms with van der Waals surface area (Å²) in [5.74, 6) is 1.46. The molecule has 0 aliphatic carbocycles. The van der Waals surface area contributed by atoms with Crippen LogP contribution in [0.5, 0.6) is 5.75 Å². The van der Waals surface area contributed by atoms with Crippen molar-refractivity contribution < 1.29 is 9.53 Å². The van der Waals surface area contributed by atoms with Crippen LogP contribution >= 0.6 is 34.7 Å². The van der Waals surface area contributed by atoms with Gasteiger partial charge in [0, 0.05) is 27.4 Å². The van der Waals surface area contributed by atoms with Gasteiger partial charge in [-0.2, -0.15) is 0 Å². The van der Waals surface area contributed by atoms with Crippen LogP contribution in [0, 0.1) is 6.92 Å². The Bertz CT molecular complexity index is 1020.